The predicted molar refractivity (Wildman–Crippen MR) is 133 cm³/mol. The average Bonchev–Trinajstić information content (AvgIpc) is 3.03. The number of fused-ring (bicyclic) bond motifs is 5. The first-order valence-corrected chi connectivity index (χ1v) is 13.6. The summed E-state index contributed by atoms with van der Waals surface area (Å²) >= 11 is 0. The highest BCUT2D eigenvalue weighted by molar-refractivity contribution is 5.85. The molecule has 7 unspecified atom stereocenters. The van der Waals surface area contributed by atoms with Crippen molar-refractivity contribution in [2.24, 2.45) is 45.3 Å². The molecule has 0 aromatic heterocycles. The SMILES string of the molecule is CC(=CCCC(C)(C)O)C1CCC2(C)C1CCC1C3(C)CCC(=O)C(C)(C)C3CCC12C. The van der Waals surface area contributed by atoms with Crippen LogP contribution in [0.4, 0.5) is 0 Å². The average molecular weight is 443 g/mol. The number of carbonyl (C=O) groups excluding carboxylic acids is 1. The zero-order valence-corrected chi connectivity index (χ0v) is 22.3. The van der Waals surface area contributed by atoms with E-state index in [4.69, 9.17) is 0 Å². The Kier molecular flexibility index (Phi) is 5.89. The lowest BCUT2D eigenvalue weighted by molar-refractivity contribution is -0.201. The zero-order valence-electron chi connectivity index (χ0n) is 22.3. The molecule has 0 aliphatic heterocycles. The highest BCUT2D eigenvalue weighted by Crippen LogP contribution is 2.75. The molecule has 4 aliphatic rings. The zero-order chi connectivity index (χ0) is 23.7. The fraction of sp³-hybridized carbons (Fsp3) is 0.900. The monoisotopic (exact) mass is 442 g/mol. The number of Topliss-reactive ketones (excluding diaryl/α,β-unsaturated/α-hetero) is 1. The molecule has 1 N–H and O–H groups in total. The van der Waals surface area contributed by atoms with Gasteiger partial charge in [0.1, 0.15) is 5.78 Å². The standard InChI is InChI=1S/C30H50O2/c1-20(10-9-16-26(2,3)32)21-13-18-29(7)22(21)11-12-24-28(6)17-15-25(31)27(4,5)23(28)14-19-30(24,29)8/h10,21-24,32H,9,11-19H2,1-8H3. The Morgan fingerprint density at radius 3 is 2.28 bits per heavy atom. The van der Waals surface area contributed by atoms with Gasteiger partial charge in [-0.05, 0) is 118 Å². The first kappa shape index (κ1) is 24.5. The maximum Gasteiger partial charge on any atom is 0.138 e. The fourth-order valence-corrected chi connectivity index (χ4v) is 9.89. The van der Waals surface area contributed by atoms with Gasteiger partial charge in [0.15, 0.2) is 0 Å². The van der Waals surface area contributed by atoms with Gasteiger partial charge < -0.3 is 5.11 Å². The molecule has 182 valence electrons. The van der Waals surface area contributed by atoms with Crippen LogP contribution >= 0.6 is 0 Å². The van der Waals surface area contributed by atoms with E-state index in [2.05, 4.69) is 47.6 Å². The Morgan fingerprint density at radius 1 is 0.969 bits per heavy atom. The summed E-state index contributed by atoms with van der Waals surface area (Å²) in [6, 6.07) is 0. The summed E-state index contributed by atoms with van der Waals surface area (Å²) in [5, 5.41) is 10.1. The van der Waals surface area contributed by atoms with E-state index in [9.17, 15) is 9.90 Å². The van der Waals surface area contributed by atoms with Gasteiger partial charge in [-0.3, -0.25) is 4.79 Å². The first-order valence-electron chi connectivity index (χ1n) is 13.6. The molecule has 7 atom stereocenters. The Bertz CT molecular complexity index is 785. The van der Waals surface area contributed by atoms with E-state index in [0.29, 0.717) is 27.9 Å². The first-order chi connectivity index (χ1) is 14.7. The van der Waals surface area contributed by atoms with Crippen LogP contribution < -0.4 is 0 Å². The minimum atomic E-state index is -0.574. The second kappa shape index (κ2) is 7.69. The van der Waals surface area contributed by atoms with E-state index in [1.165, 1.54) is 38.5 Å². The van der Waals surface area contributed by atoms with Gasteiger partial charge in [-0.15, -0.1) is 0 Å². The Morgan fingerprint density at radius 2 is 1.62 bits per heavy atom. The van der Waals surface area contributed by atoms with E-state index >= 15 is 0 Å². The van der Waals surface area contributed by atoms with Crippen molar-refractivity contribution >= 4 is 5.78 Å². The van der Waals surface area contributed by atoms with Gasteiger partial charge >= 0.3 is 0 Å². The molecule has 0 amide bonds. The quantitative estimate of drug-likeness (QED) is 0.452. The van der Waals surface area contributed by atoms with Crippen molar-refractivity contribution in [3.8, 4) is 0 Å². The molecule has 0 aromatic carbocycles. The van der Waals surface area contributed by atoms with Crippen molar-refractivity contribution in [1.29, 1.82) is 0 Å². The lowest BCUT2D eigenvalue weighted by Crippen LogP contribution is -2.63. The lowest BCUT2D eigenvalue weighted by Gasteiger charge is -2.69. The van der Waals surface area contributed by atoms with Crippen LogP contribution in [0.3, 0.4) is 0 Å². The summed E-state index contributed by atoms with van der Waals surface area (Å²) in [6.07, 6.45) is 14.1. The molecule has 2 nitrogen and oxygen atoms in total. The van der Waals surface area contributed by atoms with Crippen LogP contribution in [-0.4, -0.2) is 16.5 Å². The normalized spacial score (nSPS) is 46.4. The van der Waals surface area contributed by atoms with Crippen molar-refractivity contribution in [1.82, 2.24) is 0 Å². The van der Waals surface area contributed by atoms with Crippen molar-refractivity contribution < 1.29 is 9.90 Å². The molecule has 0 bridgehead atoms. The molecule has 0 aromatic rings. The molecule has 0 spiro atoms. The van der Waals surface area contributed by atoms with Crippen LogP contribution in [0.2, 0.25) is 0 Å². The van der Waals surface area contributed by atoms with Crippen molar-refractivity contribution in [2.45, 2.75) is 125 Å². The summed E-state index contributed by atoms with van der Waals surface area (Å²) in [6.45, 7) is 18.6. The van der Waals surface area contributed by atoms with Crippen LogP contribution in [0.25, 0.3) is 0 Å². The van der Waals surface area contributed by atoms with Crippen molar-refractivity contribution in [3.05, 3.63) is 11.6 Å². The number of allylic oxidation sites excluding steroid dienone is 2. The summed E-state index contributed by atoms with van der Waals surface area (Å²) in [5.74, 6) is 3.32. The number of ketones is 1. The molecule has 0 saturated heterocycles. The summed E-state index contributed by atoms with van der Waals surface area (Å²) in [4.78, 5) is 12.8. The van der Waals surface area contributed by atoms with E-state index in [0.717, 1.165) is 43.4 Å². The van der Waals surface area contributed by atoms with Crippen LogP contribution in [-0.2, 0) is 4.79 Å². The van der Waals surface area contributed by atoms with Gasteiger partial charge in [0.25, 0.3) is 0 Å². The van der Waals surface area contributed by atoms with Crippen LogP contribution in [0.15, 0.2) is 11.6 Å². The minimum Gasteiger partial charge on any atom is -0.390 e. The van der Waals surface area contributed by atoms with Crippen molar-refractivity contribution in [2.75, 3.05) is 0 Å². The molecule has 0 heterocycles. The second-order valence-electron chi connectivity index (χ2n) is 14.3. The summed E-state index contributed by atoms with van der Waals surface area (Å²) in [7, 11) is 0. The Hall–Kier alpha value is -0.630. The van der Waals surface area contributed by atoms with E-state index in [1.54, 1.807) is 5.57 Å². The maximum atomic E-state index is 12.8. The molecule has 32 heavy (non-hydrogen) atoms. The van der Waals surface area contributed by atoms with E-state index in [1.807, 2.05) is 13.8 Å². The number of carbonyl (C=O) groups is 1. The van der Waals surface area contributed by atoms with Gasteiger partial charge in [0.05, 0.1) is 5.60 Å². The fourth-order valence-electron chi connectivity index (χ4n) is 9.89. The molecule has 4 aliphatic carbocycles. The topological polar surface area (TPSA) is 37.3 Å². The number of hydrogen-bond donors (Lipinski definition) is 1. The number of aliphatic hydroxyl groups is 1. The summed E-state index contributed by atoms with van der Waals surface area (Å²) in [5.41, 5.74) is 1.97. The molecule has 2 heteroatoms. The Balaban J connectivity index is 1.59. The van der Waals surface area contributed by atoms with Crippen molar-refractivity contribution in [3.63, 3.8) is 0 Å². The third-order valence-corrected chi connectivity index (χ3v) is 12.0. The Labute approximate surface area is 198 Å². The third-order valence-electron chi connectivity index (χ3n) is 12.0. The van der Waals surface area contributed by atoms with Gasteiger partial charge in [0.2, 0.25) is 0 Å². The largest absolute Gasteiger partial charge is 0.390 e. The highest BCUT2D eigenvalue weighted by Gasteiger charge is 2.68. The van der Waals surface area contributed by atoms with E-state index < -0.39 is 5.60 Å². The van der Waals surface area contributed by atoms with Gasteiger partial charge in [-0.1, -0.05) is 46.3 Å². The molecule has 4 rings (SSSR count). The number of hydrogen-bond acceptors (Lipinski definition) is 2. The van der Waals surface area contributed by atoms with Crippen LogP contribution in [0.5, 0.6) is 0 Å². The molecule has 4 saturated carbocycles. The number of rotatable bonds is 4. The highest BCUT2D eigenvalue weighted by atomic mass is 16.3. The molecule has 0 radical (unpaired) electrons. The molecular weight excluding hydrogens is 392 g/mol. The third kappa shape index (κ3) is 3.48. The molecule has 4 fully saturated rings. The lowest BCUT2D eigenvalue weighted by atomic mass is 9.35. The minimum absolute atomic E-state index is 0.149. The predicted octanol–water partition coefficient (Wildman–Crippen LogP) is 7.74. The summed E-state index contributed by atoms with van der Waals surface area (Å²) < 4.78 is 0. The van der Waals surface area contributed by atoms with Gasteiger partial charge in [-0.25, -0.2) is 0 Å². The smallest absolute Gasteiger partial charge is 0.138 e. The second-order valence-corrected chi connectivity index (χ2v) is 14.3. The van der Waals surface area contributed by atoms with Crippen LogP contribution in [0.1, 0.15) is 120 Å². The van der Waals surface area contributed by atoms with E-state index in [-0.39, 0.29) is 5.41 Å². The van der Waals surface area contributed by atoms with Gasteiger partial charge in [0, 0.05) is 11.8 Å². The van der Waals surface area contributed by atoms with Crippen LogP contribution in [0, 0.1) is 45.3 Å². The molecular formula is C30H50O2. The maximum absolute atomic E-state index is 12.8. The van der Waals surface area contributed by atoms with Gasteiger partial charge in [-0.2, -0.15) is 0 Å².